The number of amides is 1. The van der Waals surface area contributed by atoms with E-state index >= 15 is 0 Å². The lowest BCUT2D eigenvalue weighted by molar-refractivity contribution is -0.161. The van der Waals surface area contributed by atoms with Gasteiger partial charge in [-0.2, -0.15) is 0 Å². The number of likely N-dealkylation sites (tertiary alicyclic amines) is 1. The third-order valence-corrected chi connectivity index (χ3v) is 3.83. The van der Waals surface area contributed by atoms with Gasteiger partial charge in [0.1, 0.15) is 0 Å². The van der Waals surface area contributed by atoms with Gasteiger partial charge >= 0.3 is 12.1 Å². The Bertz CT molecular complexity index is 278. The highest BCUT2D eigenvalue weighted by molar-refractivity contribution is 5.70. The van der Waals surface area contributed by atoms with Gasteiger partial charge in [0.25, 0.3) is 0 Å². The molecule has 2 fully saturated rings. The van der Waals surface area contributed by atoms with Crippen molar-refractivity contribution in [3.63, 3.8) is 0 Å². The van der Waals surface area contributed by atoms with Crippen molar-refractivity contribution in [3.8, 4) is 0 Å². The van der Waals surface area contributed by atoms with Gasteiger partial charge < -0.3 is 19.8 Å². The van der Waals surface area contributed by atoms with E-state index in [4.69, 9.17) is 14.9 Å². The van der Waals surface area contributed by atoms with E-state index in [1.165, 1.54) is 4.90 Å². The molecule has 6 nitrogen and oxygen atoms in total. The number of nitrogens with zero attached hydrogens (tertiary/aromatic N) is 1. The number of aliphatic carboxylic acids is 1. The molecule has 0 aromatic carbocycles. The summed E-state index contributed by atoms with van der Waals surface area (Å²) in [5.41, 5.74) is -0.280. The van der Waals surface area contributed by atoms with E-state index in [1.54, 1.807) is 0 Å². The van der Waals surface area contributed by atoms with Gasteiger partial charge in [-0.15, -0.1) is 0 Å². The first-order chi connectivity index (χ1) is 8.02. The molecule has 2 aliphatic rings. The molecular formula is C11H17NO5. The van der Waals surface area contributed by atoms with Gasteiger partial charge in [-0.05, 0) is 25.7 Å². The van der Waals surface area contributed by atoms with E-state index in [2.05, 4.69) is 0 Å². The fraction of sp³-hybridized carbons (Fsp3) is 0.818. The minimum absolute atomic E-state index is 0.252. The number of carboxylic acids is 1. The van der Waals surface area contributed by atoms with E-state index in [1.807, 2.05) is 0 Å². The zero-order valence-corrected chi connectivity index (χ0v) is 9.59. The number of carboxylic acid groups (broad SMARTS) is 2. The van der Waals surface area contributed by atoms with Crippen LogP contribution in [0.1, 0.15) is 25.7 Å². The minimum Gasteiger partial charge on any atom is -0.481 e. The molecular weight excluding hydrogens is 226 g/mol. The molecule has 6 heteroatoms. The second-order valence-electron chi connectivity index (χ2n) is 4.84. The molecule has 0 radical (unpaired) electrons. The first kappa shape index (κ1) is 12.2. The molecule has 2 aliphatic heterocycles. The summed E-state index contributed by atoms with van der Waals surface area (Å²) >= 11 is 0. The number of ether oxygens (including phenoxy) is 1. The highest BCUT2D eigenvalue weighted by Crippen LogP contribution is 2.36. The first-order valence-corrected chi connectivity index (χ1v) is 5.87. The van der Waals surface area contributed by atoms with Crippen LogP contribution in [0, 0.1) is 5.92 Å². The van der Waals surface area contributed by atoms with Crippen LogP contribution in [0.15, 0.2) is 0 Å². The predicted molar refractivity (Wildman–Crippen MR) is 57.9 cm³/mol. The molecule has 0 aromatic heterocycles. The van der Waals surface area contributed by atoms with E-state index in [0.717, 1.165) is 6.42 Å². The molecule has 17 heavy (non-hydrogen) atoms. The summed E-state index contributed by atoms with van der Waals surface area (Å²) in [5.74, 6) is -1.21. The molecule has 1 atom stereocenters. The van der Waals surface area contributed by atoms with Crippen LogP contribution >= 0.6 is 0 Å². The Balaban J connectivity index is 1.88. The molecule has 2 N–H and O–H groups in total. The molecule has 96 valence electrons. The van der Waals surface area contributed by atoms with Crippen LogP contribution in [0.25, 0.3) is 0 Å². The summed E-state index contributed by atoms with van der Waals surface area (Å²) in [6.45, 7) is 1.21. The minimum atomic E-state index is -0.890. The second kappa shape index (κ2) is 4.52. The number of piperidine rings is 1. The van der Waals surface area contributed by atoms with Crippen LogP contribution in [0.4, 0.5) is 4.79 Å². The maximum Gasteiger partial charge on any atom is 0.407 e. The second-order valence-corrected chi connectivity index (χ2v) is 4.84. The van der Waals surface area contributed by atoms with Gasteiger partial charge in [0.2, 0.25) is 0 Å². The summed E-state index contributed by atoms with van der Waals surface area (Å²) in [6.07, 6.45) is 1.80. The Morgan fingerprint density at radius 2 is 1.82 bits per heavy atom. The smallest absolute Gasteiger partial charge is 0.407 e. The van der Waals surface area contributed by atoms with E-state index in [0.29, 0.717) is 32.4 Å². The van der Waals surface area contributed by atoms with Crippen LogP contribution in [0.3, 0.4) is 0 Å². The summed E-state index contributed by atoms with van der Waals surface area (Å²) in [5, 5.41) is 17.7. The van der Waals surface area contributed by atoms with E-state index < -0.39 is 18.0 Å². The maximum atomic E-state index is 10.8. The highest BCUT2D eigenvalue weighted by atomic mass is 16.5. The van der Waals surface area contributed by atoms with Crippen molar-refractivity contribution in [1.82, 2.24) is 4.90 Å². The van der Waals surface area contributed by atoms with Gasteiger partial charge in [0, 0.05) is 13.1 Å². The van der Waals surface area contributed by atoms with Gasteiger partial charge in [0.05, 0.1) is 18.1 Å². The van der Waals surface area contributed by atoms with E-state index in [-0.39, 0.29) is 12.2 Å². The molecule has 2 rings (SSSR count). The molecule has 2 heterocycles. The summed E-state index contributed by atoms with van der Waals surface area (Å²) in [6, 6.07) is 0. The van der Waals surface area contributed by atoms with Crippen LogP contribution in [0.5, 0.6) is 0 Å². The summed E-state index contributed by atoms with van der Waals surface area (Å²) in [7, 11) is 0. The van der Waals surface area contributed by atoms with Crippen molar-refractivity contribution < 1.29 is 24.5 Å². The standard InChI is InChI=1S/C11H17NO5/c13-9(14)8-1-2-11(17-7-8)3-5-12(6-4-11)10(15)16/h8H,1-7H2,(H,13,14)(H,15,16). The Morgan fingerprint density at radius 3 is 2.24 bits per heavy atom. The average molecular weight is 243 g/mol. The Morgan fingerprint density at radius 1 is 1.18 bits per heavy atom. The monoisotopic (exact) mass is 243 g/mol. The van der Waals surface area contributed by atoms with Crippen molar-refractivity contribution in [2.45, 2.75) is 31.3 Å². The zero-order valence-electron chi connectivity index (χ0n) is 9.59. The number of rotatable bonds is 1. The van der Waals surface area contributed by atoms with Crippen molar-refractivity contribution >= 4 is 12.1 Å². The molecule has 0 aliphatic carbocycles. The van der Waals surface area contributed by atoms with Crippen molar-refractivity contribution in [2.24, 2.45) is 5.92 Å². The third-order valence-electron chi connectivity index (χ3n) is 3.83. The largest absolute Gasteiger partial charge is 0.481 e. The topological polar surface area (TPSA) is 87.1 Å². The quantitative estimate of drug-likeness (QED) is 0.717. The van der Waals surface area contributed by atoms with Crippen molar-refractivity contribution in [1.29, 1.82) is 0 Å². The number of carbonyl (C=O) groups is 2. The summed E-state index contributed by atoms with van der Waals surface area (Å²) in [4.78, 5) is 23.0. The molecule has 1 unspecified atom stereocenters. The first-order valence-electron chi connectivity index (χ1n) is 5.87. The van der Waals surface area contributed by atoms with Gasteiger partial charge in [0.15, 0.2) is 0 Å². The van der Waals surface area contributed by atoms with Crippen molar-refractivity contribution in [3.05, 3.63) is 0 Å². The predicted octanol–water partition coefficient (Wildman–Crippen LogP) is 1.01. The average Bonchev–Trinajstić information content (AvgIpc) is 2.30. The van der Waals surface area contributed by atoms with Gasteiger partial charge in [-0.1, -0.05) is 0 Å². The fourth-order valence-corrected chi connectivity index (χ4v) is 2.56. The third kappa shape index (κ3) is 2.52. The van der Waals surface area contributed by atoms with Crippen LogP contribution in [0.2, 0.25) is 0 Å². The SMILES string of the molecule is O=C(O)C1CCC2(CCN(C(=O)O)CC2)OC1. The highest BCUT2D eigenvalue weighted by Gasteiger charge is 2.41. The lowest BCUT2D eigenvalue weighted by Gasteiger charge is -2.44. The summed E-state index contributed by atoms with van der Waals surface area (Å²) < 4.78 is 5.71. The Kier molecular flexibility index (Phi) is 3.24. The van der Waals surface area contributed by atoms with Crippen LogP contribution < -0.4 is 0 Å². The molecule has 0 bridgehead atoms. The fourth-order valence-electron chi connectivity index (χ4n) is 2.56. The Hall–Kier alpha value is -1.30. The van der Waals surface area contributed by atoms with Gasteiger partial charge in [-0.25, -0.2) is 4.79 Å². The molecule has 0 saturated carbocycles. The Labute approximate surface area is 99.2 Å². The normalized spacial score (nSPS) is 28.0. The molecule has 1 amide bonds. The molecule has 2 saturated heterocycles. The lowest BCUT2D eigenvalue weighted by atomic mass is 9.82. The van der Waals surface area contributed by atoms with Crippen LogP contribution in [-0.4, -0.2) is 52.5 Å². The molecule has 0 aromatic rings. The van der Waals surface area contributed by atoms with Gasteiger partial charge in [-0.3, -0.25) is 4.79 Å². The lowest BCUT2D eigenvalue weighted by Crippen LogP contribution is -2.50. The zero-order chi connectivity index (χ0) is 12.5. The number of hydrogen-bond donors (Lipinski definition) is 2. The number of hydrogen-bond acceptors (Lipinski definition) is 3. The van der Waals surface area contributed by atoms with E-state index in [9.17, 15) is 9.59 Å². The van der Waals surface area contributed by atoms with Crippen molar-refractivity contribution in [2.75, 3.05) is 19.7 Å². The van der Waals surface area contributed by atoms with Crippen LogP contribution in [-0.2, 0) is 9.53 Å². The maximum absolute atomic E-state index is 10.8. The molecule has 1 spiro atoms.